The summed E-state index contributed by atoms with van der Waals surface area (Å²) in [4.78, 5) is 22.1. The zero-order chi connectivity index (χ0) is 23.8. The van der Waals surface area contributed by atoms with Crippen molar-refractivity contribution in [2.45, 2.75) is 43.5 Å². The van der Waals surface area contributed by atoms with E-state index in [2.05, 4.69) is 16.0 Å². The Bertz CT molecular complexity index is 1310. The zero-order valence-electron chi connectivity index (χ0n) is 17.7. The van der Waals surface area contributed by atoms with Crippen molar-refractivity contribution in [2.75, 3.05) is 0 Å². The van der Waals surface area contributed by atoms with Gasteiger partial charge < -0.3 is 5.11 Å². The van der Waals surface area contributed by atoms with Gasteiger partial charge in [-0.25, -0.2) is 9.97 Å². The highest BCUT2D eigenvalue weighted by molar-refractivity contribution is 7.98. The molecular weight excluding hydrogens is 489 g/mol. The molecule has 0 aliphatic carbocycles. The summed E-state index contributed by atoms with van der Waals surface area (Å²) in [5.41, 5.74) is 2.84. The number of hydrogen-bond acceptors (Lipinski definition) is 6. The molecule has 4 nitrogen and oxygen atoms in total. The number of hydrogen-bond donors (Lipinski definition) is 1. The van der Waals surface area contributed by atoms with Gasteiger partial charge in [-0.05, 0) is 43.7 Å². The summed E-state index contributed by atoms with van der Waals surface area (Å²) in [5, 5.41) is 10.4. The Morgan fingerprint density at radius 2 is 1.82 bits per heavy atom. The van der Waals surface area contributed by atoms with E-state index in [9.17, 15) is 18.0 Å². The molecule has 0 unspecified atom stereocenters. The zero-order valence-corrected chi connectivity index (χ0v) is 20.1. The van der Waals surface area contributed by atoms with Gasteiger partial charge in [-0.1, -0.05) is 12.1 Å². The number of alkyl halides is 3. The summed E-state index contributed by atoms with van der Waals surface area (Å²) in [6, 6.07) is 9.19. The van der Waals surface area contributed by atoms with Crippen LogP contribution in [0.25, 0.3) is 20.8 Å². The van der Waals surface area contributed by atoms with Crippen LogP contribution in [0.2, 0.25) is 0 Å². The van der Waals surface area contributed by atoms with Crippen molar-refractivity contribution < 1.29 is 23.1 Å². The number of benzene rings is 2. The topological polar surface area (TPSA) is 63.1 Å². The SMILES string of the molecule is Cc1cc2sc(CCC(=O)O)nc2cc1SCc1sc(-c2ccc(C(F)(F)F)cc2)nc1C. The van der Waals surface area contributed by atoms with Crippen LogP contribution in [-0.4, -0.2) is 21.0 Å². The lowest BCUT2D eigenvalue weighted by molar-refractivity contribution is -0.138. The fourth-order valence-corrected chi connectivity index (χ4v) is 6.51. The molecule has 2 aromatic heterocycles. The summed E-state index contributed by atoms with van der Waals surface area (Å²) in [7, 11) is 0. The third-order valence-corrected chi connectivity index (χ3v) is 8.64. The van der Waals surface area contributed by atoms with Gasteiger partial charge >= 0.3 is 12.1 Å². The average molecular weight is 509 g/mol. The van der Waals surface area contributed by atoms with Crippen molar-refractivity contribution in [3.8, 4) is 10.6 Å². The molecule has 0 amide bonds. The average Bonchev–Trinajstić information content (AvgIpc) is 3.32. The molecule has 1 N–H and O–H groups in total. The standard InChI is InChI=1S/C23H19F3N2O2S3/c1-12-9-18-16(28-20(32-18)7-8-21(29)30)10-17(12)31-11-19-13(2)27-22(33-19)14-3-5-15(6-4-14)23(24,25)26/h3-6,9-10H,7-8,11H2,1-2H3,(H,29,30). The van der Waals surface area contributed by atoms with Crippen molar-refractivity contribution in [2.24, 2.45) is 0 Å². The number of fused-ring (bicyclic) bond motifs is 1. The molecule has 0 saturated carbocycles. The normalized spacial score (nSPS) is 11.9. The Balaban J connectivity index is 1.49. The molecule has 0 aliphatic heterocycles. The second-order valence-corrected chi connectivity index (χ2v) is 10.7. The Morgan fingerprint density at radius 1 is 1.09 bits per heavy atom. The van der Waals surface area contributed by atoms with E-state index in [0.717, 1.165) is 48.4 Å². The molecule has 0 fully saturated rings. The maximum atomic E-state index is 12.8. The summed E-state index contributed by atoms with van der Waals surface area (Å²) < 4.78 is 39.5. The van der Waals surface area contributed by atoms with Crippen LogP contribution in [0.1, 0.15) is 33.1 Å². The van der Waals surface area contributed by atoms with Gasteiger partial charge in [0, 0.05) is 27.5 Å². The van der Waals surface area contributed by atoms with Crippen LogP contribution < -0.4 is 0 Å². The first kappa shape index (κ1) is 23.7. The lowest BCUT2D eigenvalue weighted by atomic mass is 10.1. The van der Waals surface area contributed by atoms with E-state index >= 15 is 0 Å². The first-order valence-electron chi connectivity index (χ1n) is 9.99. The van der Waals surface area contributed by atoms with Crippen molar-refractivity contribution in [3.63, 3.8) is 0 Å². The smallest absolute Gasteiger partial charge is 0.416 e. The number of aliphatic carboxylic acids is 1. The first-order chi connectivity index (χ1) is 15.6. The summed E-state index contributed by atoms with van der Waals surface area (Å²) >= 11 is 4.67. The Morgan fingerprint density at radius 3 is 2.48 bits per heavy atom. The van der Waals surface area contributed by atoms with Crippen LogP contribution in [0.5, 0.6) is 0 Å². The van der Waals surface area contributed by atoms with Crippen LogP contribution in [-0.2, 0) is 23.1 Å². The second kappa shape index (κ2) is 9.44. The fraction of sp³-hybridized carbons (Fsp3) is 0.261. The minimum Gasteiger partial charge on any atom is -0.481 e. The molecule has 0 radical (unpaired) electrons. The van der Waals surface area contributed by atoms with Gasteiger partial charge in [0.15, 0.2) is 0 Å². The van der Waals surface area contributed by atoms with Crippen molar-refractivity contribution in [1.29, 1.82) is 0 Å². The van der Waals surface area contributed by atoms with E-state index in [0.29, 0.717) is 22.7 Å². The van der Waals surface area contributed by atoms with E-state index in [4.69, 9.17) is 5.11 Å². The third-order valence-electron chi connectivity index (χ3n) is 4.99. The number of carboxylic acid groups (broad SMARTS) is 1. The number of carbonyl (C=O) groups is 1. The van der Waals surface area contributed by atoms with Gasteiger partial charge in [0.1, 0.15) is 5.01 Å². The Hall–Kier alpha value is -2.43. The molecule has 0 aliphatic rings. The van der Waals surface area contributed by atoms with Crippen LogP contribution >= 0.6 is 34.4 Å². The van der Waals surface area contributed by atoms with Gasteiger partial charge in [-0.2, -0.15) is 13.2 Å². The highest BCUT2D eigenvalue weighted by Crippen LogP contribution is 2.37. The van der Waals surface area contributed by atoms with Crippen LogP contribution in [0, 0.1) is 13.8 Å². The number of aryl methyl sites for hydroxylation is 3. The number of rotatable bonds is 7. The molecule has 33 heavy (non-hydrogen) atoms. The molecule has 0 spiro atoms. The van der Waals surface area contributed by atoms with Crippen LogP contribution in [0.3, 0.4) is 0 Å². The molecule has 172 valence electrons. The maximum Gasteiger partial charge on any atom is 0.416 e. The van der Waals surface area contributed by atoms with Crippen LogP contribution in [0.15, 0.2) is 41.3 Å². The van der Waals surface area contributed by atoms with Crippen molar-refractivity contribution in [3.05, 3.63) is 63.1 Å². The van der Waals surface area contributed by atoms with E-state index < -0.39 is 17.7 Å². The maximum absolute atomic E-state index is 12.8. The monoisotopic (exact) mass is 508 g/mol. The van der Waals surface area contributed by atoms with Gasteiger partial charge in [0.05, 0.1) is 32.9 Å². The van der Waals surface area contributed by atoms with Crippen molar-refractivity contribution >= 4 is 50.6 Å². The Labute approximate surface area is 200 Å². The largest absolute Gasteiger partial charge is 0.481 e. The number of halogens is 3. The van der Waals surface area contributed by atoms with Crippen molar-refractivity contribution in [1.82, 2.24) is 9.97 Å². The molecule has 4 rings (SSSR count). The third kappa shape index (κ3) is 5.56. The molecule has 0 saturated heterocycles. The molecule has 0 bridgehead atoms. The molecule has 2 aromatic carbocycles. The van der Waals surface area contributed by atoms with Gasteiger partial charge in [0.25, 0.3) is 0 Å². The minimum absolute atomic E-state index is 0.0618. The number of thioether (sulfide) groups is 1. The van der Waals surface area contributed by atoms with E-state index in [1.807, 2.05) is 19.9 Å². The summed E-state index contributed by atoms with van der Waals surface area (Å²) in [6.45, 7) is 3.94. The molecular formula is C23H19F3N2O2S3. The highest BCUT2D eigenvalue weighted by atomic mass is 32.2. The second-order valence-electron chi connectivity index (χ2n) is 7.48. The quantitative estimate of drug-likeness (QED) is 0.264. The number of nitrogens with zero attached hydrogens (tertiary/aromatic N) is 2. The minimum atomic E-state index is -4.35. The summed E-state index contributed by atoms with van der Waals surface area (Å²) in [5.74, 6) is -0.149. The predicted molar refractivity (Wildman–Crippen MR) is 127 cm³/mol. The van der Waals surface area contributed by atoms with E-state index in [1.165, 1.54) is 34.8 Å². The number of thiazole rings is 2. The summed E-state index contributed by atoms with van der Waals surface area (Å²) in [6.07, 6.45) is -3.87. The first-order valence-corrected chi connectivity index (χ1v) is 12.6. The molecule has 2 heterocycles. The molecule has 4 aromatic rings. The number of carboxylic acids is 1. The molecule has 10 heteroatoms. The highest BCUT2D eigenvalue weighted by Gasteiger charge is 2.30. The van der Waals surface area contributed by atoms with Crippen LogP contribution in [0.4, 0.5) is 13.2 Å². The lowest BCUT2D eigenvalue weighted by Gasteiger charge is -2.06. The van der Waals surface area contributed by atoms with E-state index in [1.54, 1.807) is 11.8 Å². The fourth-order valence-electron chi connectivity index (χ4n) is 3.21. The molecule has 0 atom stereocenters. The predicted octanol–water partition coefficient (Wildman–Crippen LogP) is 7.36. The van der Waals surface area contributed by atoms with E-state index in [-0.39, 0.29) is 6.42 Å². The van der Waals surface area contributed by atoms with Gasteiger partial charge in [0.2, 0.25) is 0 Å². The van der Waals surface area contributed by atoms with Gasteiger partial charge in [-0.3, -0.25) is 4.79 Å². The number of aromatic nitrogens is 2. The lowest BCUT2D eigenvalue weighted by Crippen LogP contribution is -2.03. The van der Waals surface area contributed by atoms with Gasteiger partial charge in [-0.15, -0.1) is 34.4 Å². The Kier molecular flexibility index (Phi) is 6.78.